The Morgan fingerprint density at radius 2 is 2.07 bits per heavy atom. The van der Waals surface area contributed by atoms with Crippen LogP contribution in [0.5, 0.6) is 0 Å². The van der Waals surface area contributed by atoms with E-state index in [0.717, 1.165) is 17.4 Å². The third-order valence-electron chi connectivity index (χ3n) is 2.36. The number of aldehydes is 1. The number of carbonyl (C=O) groups excluding carboxylic acids is 1. The van der Waals surface area contributed by atoms with E-state index < -0.39 is 6.09 Å². The molecule has 0 fully saturated rings. The number of amides is 1. The van der Waals surface area contributed by atoms with Gasteiger partial charge in [0.25, 0.3) is 0 Å². The average molecular weight is 191 g/mol. The number of hydrogen-bond acceptors (Lipinski definition) is 2. The predicted molar refractivity (Wildman–Crippen MR) is 49.1 cm³/mol. The van der Waals surface area contributed by atoms with Crippen molar-refractivity contribution >= 4 is 12.4 Å². The molecule has 0 saturated heterocycles. The van der Waals surface area contributed by atoms with Crippen LogP contribution in [0.25, 0.3) is 0 Å². The van der Waals surface area contributed by atoms with Crippen LogP contribution in [0.1, 0.15) is 21.5 Å². The maximum absolute atomic E-state index is 10.7. The third-order valence-corrected chi connectivity index (χ3v) is 2.36. The number of carbonyl (C=O) groups is 2. The molecule has 0 atom stereocenters. The van der Waals surface area contributed by atoms with Crippen molar-refractivity contribution in [3.8, 4) is 0 Å². The van der Waals surface area contributed by atoms with Gasteiger partial charge in [0.15, 0.2) is 0 Å². The summed E-state index contributed by atoms with van der Waals surface area (Å²) in [5.41, 5.74) is 2.51. The summed E-state index contributed by atoms with van der Waals surface area (Å²) in [6.07, 6.45) is -0.155. The molecule has 1 N–H and O–H groups in total. The molecule has 4 heteroatoms. The monoisotopic (exact) mass is 191 g/mol. The van der Waals surface area contributed by atoms with E-state index in [1.165, 1.54) is 4.90 Å². The highest BCUT2D eigenvalue weighted by atomic mass is 16.4. The van der Waals surface area contributed by atoms with Crippen LogP contribution in [0, 0.1) is 0 Å². The van der Waals surface area contributed by atoms with E-state index in [1.54, 1.807) is 12.1 Å². The van der Waals surface area contributed by atoms with E-state index >= 15 is 0 Å². The Balaban J connectivity index is 2.31. The van der Waals surface area contributed by atoms with Crippen LogP contribution in [0.3, 0.4) is 0 Å². The van der Waals surface area contributed by atoms with Crippen LogP contribution in [-0.2, 0) is 13.1 Å². The van der Waals surface area contributed by atoms with Crippen LogP contribution in [0.15, 0.2) is 18.2 Å². The number of benzene rings is 1. The molecule has 0 radical (unpaired) electrons. The van der Waals surface area contributed by atoms with E-state index in [-0.39, 0.29) is 0 Å². The highest BCUT2D eigenvalue weighted by Crippen LogP contribution is 2.23. The summed E-state index contributed by atoms with van der Waals surface area (Å²) in [4.78, 5) is 22.5. The molecule has 14 heavy (non-hydrogen) atoms. The fraction of sp³-hybridized carbons (Fsp3) is 0.200. The van der Waals surface area contributed by atoms with Gasteiger partial charge in [0.05, 0.1) is 0 Å². The smallest absolute Gasteiger partial charge is 0.407 e. The minimum Gasteiger partial charge on any atom is -0.465 e. The molecule has 0 saturated carbocycles. The van der Waals surface area contributed by atoms with E-state index in [0.29, 0.717) is 18.7 Å². The Labute approximate surface area is 80.8 Å². The van der Waals surface area contributed by atoms with Crippen molar-refractivity contribution in [2.75, 3.05) is 0 Å². The van der Waals surface area contributed by atoms with Gasteiger partial charge in [-0.05, 0) is 17.2 Å². The van der Waals surface area contributed by atoms with Crippen LogP contribution in [0.4, 0.5) is 4.79 Å². The fourth-order valence-electron chi connectivity index (χ4n) is 1.62. The minimum absolute atomic E-state index is 0.381. The van der Waals surface area contributed by atoms with Gasteiger partial charge in [0.2, 0.25) is 0 Å². The Morgan fingerprint density at radius 1 is 1.36 bits per heavy atom. The lowest BCUT2D eigenvalue weighted by Crippen LogP contribution is -2.22. The summed E-state index contributed by atoms with van der Waals surface area (Å²) >= 11 is 0. The van der Waals surface area contributed by atoms with Crippen LogP contribution in [-0.4, -0.2) is 22.4 Å². The molecule has 1 heterocycles. The second kappa shape index (κ2) is 3.14. The topological polar surface area (TPSA) is 57.6 Å². The highest BCUT2D eigenvalue weighted by molar-refractivity contribution is 5.76. The maximum Gasteiger partial charge on any atom is 0.407 e. The number of rotatable bonds is 1. The van der Waals surface area contributed by atoms with Crippen molar-refractivity contribution in [2.24, 2.45) is 0 Å². The van der Waals surface area contributed by atoms with Crippen molar-refractivity contribution in [3.05, 3.63) is 34.9 Å². The molecule has 72 valence electrons. The molecule has 1 aliphatic rings. The molecule has 4 nitrogen and oxygen atoms in total. The van der Waals surface area contributed by atoms with Gasteiger partial charge >= 0.3 is 6.09 Å². The van der Waals surface area contributed by atoms with Crippen LogP contribution >= 0.6 is 0 Å². The Hall–Kier alpha value is -1.84. The van der Waals surface area contributed by atoms with Gasteiger partial charge in [0.1, 0.15) is 6.29 Å². The summed E-state index contributed by atoms with van der Waals surface area (Å²) in [5, 5.41) is 8.77. The Bertz CT molecular complexity index is 400. The fourth-order valence-corrected chi connectivity index (χ4v) is 1.62. The summed E-state index contributed by atoms with van der Waals surface area (Å²) < 4.78 is 0. The number of nitrogens with zero attached hydrogens (tertiary/aromatic N) is 1. The maximum atomic E-state index is 10.7. The first-order valence-corrected chi connectivity index (χ1v) is 4.25. The quantitative estimate of drug-likeness (QED) is 0.684. The molecule has 1 aromatic carbocycles. The molecule has 0 aliphatic carbocycles. The van der Waals surface area contributed by atoms with Gasteiger partial charge in [0, 0.05) is 18.7 Å². The predicted octanol–water partition coefficient (Wildman–Crippen LogP) is 1.49. The first-order valence-electron chi connectivity index (χ1n) is 4.25. The SMILES string of the molecule is O=Cc1ccc2c(c1)CN(C(=O)O)C2. The molecule has 0 spiro atoms. The lowest BCUT2D eigenvalue weighted by molar-refractivity contribution is 0.112. The Morgan fingerprint density at radius 3 is 2.71 bits per heavy atom. The van der Waals surface area contributed by atoms with E-state index in [9.17, 15) is 9.59 Å². The van der Waals surface area contributed by atoms with Gasteiger partial charge in [-0.3, -0.25) is 9.69 Å². The highest BCUT2D eigenvalue weighted by Gasteiger charge is 2.22. The van der Waals surface area contributed by atoms with Gasteiger partial charge in [-0.25, -0.2) is 4.79 Å². The normalized spacial score (nSPS) is 13.9. The van der Waals surface area contributed by atoms with Gasteiger partial charge < -0.3 is 5.11 Å². The van der Waals surface area contributed by atoms with E-state index in [2.05, 4.69) is 0 Å². The largest absolute Gasteiger partial charge is 0.465 e. The number of fused-ring (bicyclic) bond motifs is 1. The second-order valence-corrected chi connectivity index (χ2v) is 3.28. The van der Waals surface area contributed by atoms with Gasteiger partial charge in [-0.15, -0.1) is 0 Å². The first kappa shape index (κ1) is 8.74. The first-order chi connectivity index (χ1) is 6.70. The number of carboxylic acid groups (broad SMARTS) is 1. The minimum atomic E-state index is -0.922. The zero-order valence-electron chi connectivity index (χ0n) is 7.43. The van der Waals surface area contributed by atoms with Crippen LogP contribution in [0.2, 0.25) is 0 Å². The zero-order chi connectivity index (χ0) is 10.1. The zero-order valence-corrected chi connectivity index (χ0v) is 7.43. The van der Waals surface area contributed by atoms with Crippen molar-refractivity contribution < 1.29 is 14.7 Å². The Kier molecular flexibility index (Phi) is 1.96. The van der Waals surface area contributed by atoms with Gasteiger partial charge in [-0.2, -0.15) is 0 Å². The van der Waals surface area contributed by atoms with E-state index in [4.69, 9.17) is 5.11 Å². The third kappa shape index (κ3) is 1.35. The van der Waals surface area contributed by atoms with Crippen molar-refractivity contribution in [2.45, 2.75) is 13.1 Å². The van der Waals surface area contributed by atoms with Crippen LogP contribution < -0.4 is 0 Å². The molecule has 0 bridgehead atoms. The van der Waals surface area contributed by atoms with Crippen molar-refractivity contribution in [1.82, 2.24) is 4.90 Å². The van der Waals surface area contributed by atoms with Crippen molar-refractivity contribution in [3.63, 3.8) is 0 Å². The molecule has 0 aromatic heterocycles. The molecular weight excluding hydrogens is 182 g/mol. The lowest BCUT2D eigenvalue weighted by Gasteiger charge is -2.08. The summed E-state index contributed by atoms with van der Waals surface area (Å²) in [6.45, 7) is 0.802. The molecular formula is C10H9NO3. The standard InChI is InChI=1S/C10H9NO3/c12-6-7-1-2-8-4-11(10(13)14)5-9(8)3-7/h1-3,6H,4-5H2,(H,13,14). The summed E-state index contributed by atoms with van der Waals surface area (Å²) in [7, 11) is 0. The summed E-state index contributed by atoms with van der Waals surface area (Å²) in [5.74, 6) is 0. The van der Waals surface area contributed by atoms with E-state index in [1.807, 2.05) is 6.07 Å². The molecule has 1 amide bonds. The lowest BCUT2D eigenvalue weighted by atomic mass is 10.1. The second-order valence-electron chi connectivity index (χ2n) is 3.28. The van der Waals surface area contributed by atoms with Gasteiger partial charge in [-0.1, -0.05) is 12.1 Å². The molecule has 0 unspecified atom stereocenters. The van der Waals surface area contributed by atoms with Crippen molar-refractivity contribution in [1.29, 1.82) is 0 Å². The average Bonchev–Trinajstić information content (AvgIpc) is 2.59. The summed E-state index contributed by atoms with van der Waals surface area (Å²) in [6, 6.07) is 5.25. The molecule has 1 aromatic rings. The molecule has 1 aliphatic heterocycles. The molecule has 2 rings (SSSR count). The number of hydrogen-bond donors (Lipinski definition) is 1.